The molecular weight excluding hydrogens is 271 g/mol. The number of hydrogen-bond acceptors (Lipinski definition) is 4. The highest BCUT2D eigenvalue weighted by atomic mass is 19.1. The van der Waals surface area contributed by atoms with Gasteiger partial charge in [0.05, 0.1) is 17.8 Å². The normalized spacial score (nSPS) is 13.5. The van der Waals surface area contributed by atoms with Gasteiger partial charge in [-0.3, -0.25) is 4.79 Å². The van der Waals surface area contributed by atoms with Gasteiger partial charge < -0.3 is 5.32 Å². The van der Waals surface area contributed by atoms with Crippen LogP contribution in [0.1, 0.15) is 22.4 Å². The first-order chi connectivity index (χ1) is 10.2. The van der Waals surface area contributed by atoms with Crippen molar-refractivity contribution in [3.63, 3.8) is 0 Å². The van der Waals surface area contributed by atoms with Gasteiger partial charge in [0.25, 0.3) is 5.56 Å². The van der Waals surface area contributed by atoms with E-state index in [9.17, 15) is 9.18 Å². The van der Waals surface area contributed by atoms with E-state index in [2.05, 4.69) is 10.4 Å². The molecule has 0 fully saturated rings. The van der Waals surface area contributed by atoms with Gasteiger partial charge in [-0.1, -0.05) is 12.1 Å². The predicted octanol–water partition coefficient (Wildman–Crippen LogP) is 0.948. The van der Waals surface area contributed by atoms with Crippen LogP contribution in [-0.2, 0) is 19.5 Å². The number of halogens is 1. The number of aromatic nitrogens is 2. The first kappa shape index (κ1) is 13.5. The average molecular weight is 284 g/mol. The molecule has 6 heteroatoms. The molecule has 21 heavy (non-hydrogen) atoms. The van der Waals surface area contributed by atoms with Gasteiger partial charge in [0, 0.05) is 31.1 Å². The van der Waals surface area contributed by atoms with E-state index in [1.165, 1.54) is 10.7 Å². The van der Waals surface area contributed by atoms with Crippen molar-refractivity contribution in [2.24, 2.45) is 0 Å². The number of nitriles is 1. The molecular formula is C15H13FN4O. The quantitative estimate of drug-likeness (QED) is 0.891. The largest absolute Gasteiger partial charge is 0.312 e. The van der Waals surface area contributed by atoms with Crippen LogP contribution in [0.2, 0.25) is 0 Å². The Morgan fingerprint density at radius 1 is 1.48 bits per heavy atom. The highest BCUT2D eigenvalue weighted by Crippen LogP contribution is 2.13. The minimum atomic E-state index is -0.590. The SMILES string of the molecule is N#Cc1cccc(Cn2nc3c(cc2=O)CNCC3)c1F. The van der Waals surface area contributed by atoms with E-state index < -0.39 is 5.82 Å². The van der Waals surface area contributed by atoms with Gasteiger partial charge in [-0.15, -0.1) is 0 Å². The van der Waals surface area contributed by atoms with E-state index in [0.717, 1.165) is 24.2 Å². The third-order valence-electron chi connectivity index (χ3n) is 3.54. The molecule has 1 N–H and O–H groups in total. The first-order valence-electron chi connectivity index (χ1n) is 6.67. The van der Waals surface area contributed by atoms with Gasteiger partial charge in [0.15, 0.2) is 0 Å². The monoisotopic (exact) mass is 284 g/mol. The predicted molar refractivity (Wildman–Crippen MR) is 74.1 cm³/mol. The van der Waals surface area contributed by atoms with Crippen molar-refractivity contribution in [1.82, 2.24) is 15.1 Å². The lowest BCUT2D eigenvalue weighted by Gasteiger charge is -2.17. The molecule has 3 rings (SSSR count). The maximum Gasteiger partial charge on any atom is 0.267 e. The molecule has 1 aromatic carbocycles. The van der Waals surface area contributed by atoms with Crippen molar-refractivity contribution >= 4 is 0 Å². The van der Waals surface area contributed by atoms with Gasteiger partial charge in [0.2, 0.25) is 0 Å². The highest BCUT2D eigenvalue weighted by molar-refractivity contribution is 5.35. The van der Waals surface area contributed by atoms with Crippen molar-refractivity contribution < 1.29 is 4.39 Å². The second-order valence-electron chi connectivity index (χ2n) is 4.93. The third-order valence-corrected chi connectivity index (χ3v) is 3.54. The molecule has 0 saturated heterocycles. The first-order valence-corrected chi connectivity index (χ1v) is 6.67. The summed E-state index contributed by atoms with van der Waals surface area (Å²) in [6.07, 6.45) is 0.746. The average Bonchev–Trinajstić information content (AvgIpc) is 2.50. The van der Waals surface area contributed by atoms with E-state index in [1.54, 1.807) is 24.3 Å². The summed E-state index contributed by atoms with van der Waals surface area (Å²) >= 11 is 0. The Labute approximate surface area is 120 Å². The Bertz CT molecular complexity index is 791. The minimum Gasteiger partial charge on any atom is -0.312 e. The molecule has 0 aliphatic carbocycles. The second-order valence-corrected chi connectivity index (χ2v) is 4.93. The van der Waals surface area contributed by atoms with Gasteiger partial charge in [-0.05, 0) is 11.6 Å². The Kier molecular flexibility index (Phi) is 3.50. The molecule has 0 atom stereocenters. The number of nitrogens with zero attached hydrogens (tertiary/aromatic N) is 3. The molecule has 2 aromatic rings. The summed E-state index contributed by atoms with van der Waals surface area (Å²) in [6, 6.07) is 7.91. The van der Waals surface area contributed by atoms with Crippen LogP contribution < -0.4 is 10.9 Å². The smallest absolute Gasteiger partial charge is 0.267 e. The Morgan fingerprint density at radius 3 is 3.14 bits per heavy atom. The van der Waals surface area contributed by atoms with Crippen LogP contribution in [0, 0.1) is 17.1 Å². The summed E-state index contributed by atoms with van der Waals surface area (Å²) in [5.74, 6) is -0.590. The zero-order chi connectivity index (χ0) is 14.8. The summed E-state index contributed by atoms with van der Waals surface area (Å²) in [6.45, 7) is 1.48. The zero-order valence-electron chi connectivity index (χ0n) is 11.3. The van der Waals surface area contributed by atoms with Gasteiger partial charge in [-0.2, -0.15) is 10.4 Å². The van der Waals surface area contributed by atoms with E-state index in [1.807, 2.05) is 0 Å². The molecule has 106 valence electrons. The topological polar surface area (TPSA) is 70.7 Å². The minimum absolute atomic E-state index is 0.0253. The molecule has 0 spiro atoms. The van der Waals surface area contributed by atoms with Crippen LogP contribution in [0.3, 0.4) is 0 Å². The zero-order valence-corrected chi connectivity index (χ0v) is 11.3. The Morgan fingerprint density at radius 2 is 2.33 bits per heavy atom. The maximum absolute atomic E-state index is 14.1. The Balaban J connectivity index is 1.99. The van der Waals surface area contributed by atoms with Crippen molar-refractivity contribution in [3.8, 4) is 6.07 Å². The molecule has 0 radical (unpaired) electrons. The third kappa shape index (κ3) is 2.56. The number of benzene rings is 1. The van der Waals surface area contributed by atoms with Gasteiger partial charge in [-0.25, -0.2) is 9.07 Å². The number of nitrogens with one attached hydrogen (secondary N) is 1. The molecule has 1 aliphatic rings. The fourth-order valence-corrected chi connectivity index (χ4v) is 2.42. The Hall–Kier alpha value is -2.52. The van der Waals surface area contributed by atoms with Crippen molar-refractivity contribution in [2.45, 2.75) is 19.5 Å². The lowest BCUT2D eigenvalue weighted by molar-refractivity contribution is 0.542. The summed E-state index contributed by atoms with van der Waals surface area (Å²) < 4.78 is 15.3. The molecule has 5 nitrogen and oxygen atoms in total. The molecule has 0 unspecified atom stereocenters. The molecule has 1 aromatic heterocycles. The lowest BCUT2D eigenvalue weighted by Crippen LogP contribution is -2.32. The summed E-state index contributed by atoms with van der Waals surface area (Å²) in [5.41, 5.74) is 1.76. The number of fused-ring (bicyclic) bond motifs is 1. The lowest BCUT2D eigenvalue weighted by atomic mass is 10.1. The van der Waals surface area contributed by atoms with Crippen LogP contribution >= 0.6 is 0 Å². The second kappa shape index (κ2) is 5.46. The van der Waals surface area contributed by atoms with E-state index in [0.29, 0.717) is 6.54 Å². The van der Waals surface area contributed by atoms with Crippen LogP contribution in [0.25, 0.3) is 0 Å². The molecule has 2 heterocycles. The van der Waals surface area contributed by atoms with E-state index >= 15 is 0 Å². The van der Waals surface area contributed by atoms with Crippen molar-refractivity contribution in [3.05, 3.63) is 62.8 Å². The molecule has 0 saturated carbocycles. The molecule has 0 amide bonds. The number of hydrogen-bond donors (Lipinski definition) is 1. The highest BCUT2D eigenvalue weighted by Gasteiger charge is 2.14. The summed E-state index contributed by atoms with van der Waals surface area (Å²) in [7, 11) is 0. The number of rotatable bonds is 2. The van der Waals surface area contributed by atoms with Crippen LogP contribution in [0.4, 0.5) is 4.39 Å². The van der Waals surface area contributed by atoms with Crippen molar-refractivity contribution in [2.75, 3.05) is 6.54 Å². The van der Waals surface area contributed by atoms with Crippen LogP contribution in [-0.4, -0.2) is 16.3 Å². The summed E-state index contributed by atoms with van der Waals surface area (Å²) in [5, 5.41) is 16.3. The van der Waals surface area contributed by atoms with E-state index in [4.69, 9.17) is 5.26 Å². The fraction of sp³-hybridized carbons (Fsp3) is 0.267. The van der Waals surface area contributed by atoms with Crippen molar-refractivity contribution in [1.29, 1.82) is 5.26 Å². The maximum atomic E-state index is 14.1. The van der Waals surface area contributed by atoms with E-state index in [-0.39, 0.29) is 23.2 Å². The molecule has 0 bridgehead atoms. The van der Waals surface area contributed by atoms with Crippen LogP contribution in [0.5, 0.6) is 0 Å². The fourth-order valence-electron chi connectivity index (χ4n) is 2.42. The van der Waals surface area contributed by atoms with Gasteiger partial charge in [0.1, 0.15) is 11.9 Å². The summed E-state index contributed by atoms with van der Waals surface area (Å²) in [4.78, 5) is 12.0. The molecule has 1 aliphatic heterocycles. The standard InChI is InChI=1S/C15H13FN4O/c16-15-10(7-17)2-1-3-11(15)9-20-14(21)6-12-8-18-5-4-13(12)19-20/h1-3,6,18H,4-5,8-9H2. The van der Waals surface area contributed by atoms with Gasteiger partial charge >= 0.3 is 0 Å². The van der Waals surface area contributed by atoms with Crippen LogP contribution in [0.15, 0.2) is 29.1 Å².